The zero-order valence-corrected chi connectivity index (χ0v) is 10.3. The third kappa shape index (κ3) is 2.54. The van der Waals surface area contributed by atoms with Crippen LogP contribution in [0.15, 0.2) is 18.2 Å². The molecular weight excluding hydrogens is 333 g/mol. The Balaban J connectivity index is 2.93. The van der Waals surface area contributed by atoms with Crippen molar-refractivity contribution in [2.45, 2.75) is 13.5 Å². The van der Waals surface area contributed by atoms with Crippen LogP contribution in [0.25, 0.3) is 0 Å². The Kier molecular flexibility index (Phi) is 3.48. The average molecular weight is 344 g/mol. The molecule has 0 atom stereocenters. The van der Waals surface area contributed by atoms with E-state index in [4.69, 9.17) is 4.74 Å². The molecule has 0 bridgehead atoms. The van der Waals surface area contributed by atoms with E-state index in [2.05, 4.69) is 25.1 Å². The van der Waals surface area contributed by atoms with E-state index < -0.39 is 0 Å². The van der Waals surface area contributed by atoms with E-state index in [0.29, 0.717) is 0 Å². The SMILES string of the molecule is COCc1cc(C)cc[c]1[Bi]. The molecule has 2 heteroatoms. The topological polar surface area (TPSA) is 9.23 Å². The third-order valence-corrected chi connectivity index (χ3v) is 3.23. The molecule has 58 valence electrons. The third-order valence-electron chi connectivity index (χ3n) is 1.53. The Morgan fingerprint density at radius 3 is 2.82 bits per heavy atom. The van der Waals surface area contributed by atoms with Crippen LogP contribution in [0.4, 0.5) is 0 Å². The molecule has 1 nitrogen and oxygen atoms in total. The van der Waals surface area contributed by atoms with E-state index in [9.17, 15) is 0 Å². The molecule has 0 amide bonds. The number of methoxy groups -OCH3 is 1. The molecule has 0 saturated heterocycles. The number of hydrogen-bond acceptors (Lipinski definition) is 1. The van der Waals surface area contributed by atoms with Crippen LogP contribution in [-0.2, 0) is 11.3 Å². The first kappa shape index (κ1) is 9.15. The standard InChI is InChI=1S/C9H11O.Bi/c1-8-4-3-5-9(6-8)7-10-2;/h3-4,6H,7H2,1-2H3;. The Morgan fingerprint density at radius 2 is 2.18 bits per heavy atom. The van der Waals surface area contributed by atoms with Gasteiger partial charge in [-0.3, -0.25) is 0 Å². The predicted octanol–water partition coefficient (Wildman–Crippen LogP) is 0.935. The summed E-state index contributed by atoms with van der Waals surface area (Å²) in [6.45, 7) is 2.85. The van der Waals surface area contributed by atoms with Crippen LogP contribution in [0.5, 0.6) is 0 Å². The average Bonchev–Trinajstić information content (AvgIpc) is 1.98. The molecule has 0 spiro atoms. The Bertz CT molecular complexity index is 245. The minimum atomic E-state index is 0.744. The van der Waals surface area contributed by atoms with Gasteiger partial charge in [0, 0.05) is 0 Å². The van der Waals surface area contributed by atoms with Gasteiger partial charge in [-0.25, -0.2) is 0 Å². The van der Waals surface area contributed by atoms with Crippen molar-refractivity contribution in [2.75, 3.05) is 7.11 Å². The van der Waals surface area contributed by atoms with Crippen molar-refractivity contribution in [1.82, 2.24) is 0 Å². The zero-order valence-electron chi connectivity index (χ0n) is 6.79. The maximum atomic E-state index is 5.08. The second-order valence-corrected chi connectivity index (χ2v) is 4.44. The molecule has 2 radical (unpaired) electrons. The Hall–Kier alpha value is 0.0631. The molecule has 0 aliphatic heterocycles. The van der Waals surface area contributed by atoms with E-state index in [1.807, 2.05) is 0 Å². The fourth-order valence-electron chi connectivity index (χ4n) is 0.985. The first-order valence-corrected chi connectivity index (χ1v) is 5.25. The molecule has 0 aromatic heterocycles. The van der Waals surface area contributed by atoms with Gasteiger partial charge in [-0.15, -0.1) is 0 Å². The summed E-state index contributed by atoms with van der Waals surface area (Å²) in [7, 11) is 1.74. The Labute approximate surface area is 82.6 Å². The zero-order chi connectivity index (χ0) is 8.27. The van der Waals surface area contributed by atoms with Crippen molar-refractivity contribution in [3.05, 3.63) is 29.3 Å². The first-order chi connectivity index (χ1) is 5.24. The summed E-state index contributed by atoms with van der Waals surface area (Å²) in [5.41, 5.74) is 2.65. The van der Waals surface area contributed by atoms with Crippen molar-refractivity contribution >= 4 is 28.0 Å². The van der Waals surface area contributed by atoms with Gasteiger partial charge in [0.2, 0.25) is 0 Å². The van der Waals surface area contributed by atoms with Gasteiger partial charge < -0.3 is 0 Å². The summed E-state index contributed by atoms with van der Waals surface area (Å²) < 4.78 is 6.50. The first-order valence-electron chi connectivity index (χ1n) is 3.51. The Morgan fingerprint density at radius 1 is 1.45 bits per heavy atom. The molecule has 1 rings (SSSR count). The normalized spacial score (nSPS) is 10.1. The number of rotatable bonds is 2. The predicted molar refractivity (Wildman–Crippen MR) is 47.3 cm³/mol. The van der Waals surface area contributed by atoms with Crippen LogP contribution in [0.2, 0.25) is 0 Å². The number of hydrogen-bond donors (Lipinski definition) is 0. The molecule has 0 aliphatic carbocycles. The minimum absolute atomic E-state index is 0.744. The van der Waals surface area contributed by atoms with Gasteiger partial charge in [-0.1, -0.05) is 0 Å². The summed E-state index contributed by atoms with van der Waals surface area (Å²) >= 11 is 1.31. The molecule has 0 heterocycles. The van der Waals surface area contributed by atoms with Gasteiger partial charge >= 0.3 is 82.7 Å². The summed E-state index contributed by atoms with van der Waals surface area (Å²) in [4.78, 5) is 0. The number of aryl methyl sites for hydroxylation is 1. The second kappa shape index (κ2) is 4.18. The van der Waals surface area contributed by atoms with Crippen LogP contribution >= 0.6 is 0 Å². The quantitative estimate of drug-likeness (QED) is 0.726. The number of ether oxygens (including phenoxy) is 1. The molecule has 0 N–H and O–H groups in total. The van der Waals surface area contributed by atoms with Crippen LogP contribution in [0.1, 0.15) is 11.1 Å². The van der Waals surface area contributed by atoms with Crippen LogP contribution in [0, 0.1) is 6.92 Å². The van der Waals surface area contributed by atoms with Gasteiger partial charge in [-0.05, 0) is 0 Å². The van der Waals surface area contributed by atoms with Crippen molar-refractivity contribution in [3.63, 3.8) is 0 Å². The van der Waals surface area contributed by atoms with Crippen molar-refractivity contribution in [1.29, 1.82) is 0 Å². The summed E-state index contributed by atoms with van der Waals surface area (Å²) in [5.74, 6) is 0. The molecule has 0 fully saturated rings. The summed E-state index contributed by atoms with van der Waals surface area (Å²) in [6.07, 6.45) is 0. The van der Waals surface area contributed by atoms with Gasteiger partial charge in [-0.2, -0.15) is 0 Å². The van der Waals surface area contributed by atoms with Crippen molar-refractivity contribution < 1.29 is 4.74 Å². The molecular formula is C9H11BiO. The van der Waals surface area contributed by atoms with E-state index in [0.717, 1.165) is 6.61 Å². The summed E-state index contributed by atoms with van der Waals surface area (Å²) in [6, 6.07) is 6.52. The van der Waals surface area contributed by atoms with E-state index in [1.54, 1.807) is 7.11 Å². The van der Waals surface area contributed by atoms with Crippen LogP contribution in [-0.4, -0.2) is 31.8 Å². The van der Waals surface area contributed by atoms with Gasteiger partial charge in [0.25, 0.3) is 0 Å². The monoisotopic (exact) mass is 344 g/mol. The van der Waals surface area contributed by atoms with Gasteiger partial charge in [0.15, 0.2) is 0 Å². The maximum absolute atomic E-state index is 5.08. The van der Waals surface area contributed by atoms with Crippen LogP contribution < -0.4 is 3.27 Å². The van der Waals surface area contributed by atoms with E-state index in [-0.39, 0.29) is 0 Å². The molecule has 1 aromatic carbocycles. The second-order valence-electron chi connectivity index (χ2n) is 2.57. The van der Waals surface area contributed by atoms with Crippen LogP contribution in [0.3, 0.4) is 0 Å². The molecule has 0 saturated carbocycles. The van der Waals surface area contributed by atoms with E-state index in [1.165, 1.54) is 39.1 Å². The van der Waals surface area contributed by atoms with E-state index >= 15 is 0 Å². The molecule has 11 heavy (non-hydrogen) atoms. The van der Waals surface area contributed by atoms with Gasteiger partial charge in [0.05, 0.1) is 0 Å². The summed E-state index contributed by atoms with van der Waals surface area (Å²) in [5, 5.41) is 0. The van der Waals surface area contributed by atoms with Crippen molar-refractivity contribution in [3.8, 4) is 0 Å². The fourth-order valence-corrected chi connectivity index (χ4v) is 1.78. The van der Waals surface area contributed by atoms with Crippen molar-refractivity contribution in [2.24, 2.45) is 0 Å². The molecule has 0 aliphatic rings. The molecule has 1 aromatic rings. The number of benzene rings is 1. The molecule has 0 unspecified atom stereocenters. The fraction of sp³-hybridized carbons (Fsp3) is 0.333. The van der Waals surface area contributed by atoms with Gasteiger partial charge in [0.1, 0.15) is 0 Å².